The average molecular weight is 562 g/mol. The number of thiazole rings is 1. The van der Waals surface area contributed by atoms with Crippen molar-refractivity contribution in [2.75, 3.05) is 29.9 Å². The Bertz CT molecular complexity index is 1650. The Morgan fingerprint density at radius 3 is 2.52 bits per heavy atom. The van der Waals surface area contributed by atoms with Crippen LogP contribution in [0.5, 0.6) is 0 Å². The smallest absolute Gasteiger partial charge is 0.261 e. The number of amides is 2. The second kappa shape index (κ2) is 10.7. The van der Waals surface area contributed by atoms with Gasteiger partial charge in [-0.3, -0.25) is 19.3 Å². The van der Waals surface area contributed by atoms with Crippen molar-refractivity contribution >= 4 is 45.5 Å². The quantitative estimate of drug-likeness (QED) is 0.289. The highest BCUT2D eigenvalue weighted by Crippen LogP contribution is 2.39. The molecule has 4 aromatic rings. The van der Waals surface area contributed by atoms with Crippen LogP contribution in [-0.2, 0) is 29.2 Å². The standard InChI is InChI=1S/C30H35N5O4S/c1-7-35-23-9-8-21(14-24(23)32(6)28(37)30(4,5)29(35)38)16-33(17-25-31-20(3)18-40-25)11-12-34-15-19(2)26-22(27(34)36)10-13-39-26/h8-10,13-15,18H,7,11-12,16-17H2,1-6H3. The summed E-state index contributed by atoms with van der Waals surface area (Å²) in [6, 6.07) is 7.66. The van der Waals surface area contributed by atoms with Crippen LogP contribution in [0, 0.1) is 19.3 Å². The number of hydrogen-bond donors (Lipinski definition) is 0. The third-order valence-corrected chi connectivity index (χ3v) is 8.53. The summed E-state index contributed by atoms with van der Waals surface area (Å²) in [5.74, 6) is -0.430. The van der Waals surface area contributed by atoms with Gasteiger partial charge in [0.15, 0.2) is 0 Å². The molecular formula is C30H35N5O4S. The molecule has 0 aliphatic carbocycles. The number of benzene rings is 1. The molecule has 0 fully saturated rings. The molecule has 0 saturated carbocycles. The second-order valence-corrected chi connectivity index (χ2v) is 11.9. The van der Waals surface area contributed by atoms with Crippen LogP contribution in [0.1, 0.15) is 42.6 Å². The molecule has 0 N–H and O–H groups in total. The molecule has 1 aromatic carbocycles. The van der Waals surface area contributed by atoms with E-state index in [1.165, 1.54) is 0 Å². The van der Waals surface area contributed by atoms with E-state index in [0.717, 1.165) is 27.5 Å². The topological polar surface area (TPSA) is 91.9 Å². The molecule has 1 aliphatic heterocycles. The van der Waals surface area contributed by atoms with Crippen LogP contribution in [0.2, 0.25) is 0 Å². The number of carbonyl (C=O) groups excluding carboxylic acids is 2. The second-order valence-electron chi connectivity index (χ2n) is 10.9. The fourth-order valence-corrected chi connectivity index (χ4v) is 6.20. The minimum absolute atomic E-state index is 0.0727. The minimum atomic E-state index is -1.15. The summed E-state index contributed by atoms with van der Waals surface area (Å²) in [4.78, 5) is 49.8. The van der Waals surface area contributed by atoms with Crippen molar-refractivity contribution in [1.29, 1.82) is 0 Å². The predicted molar refractivity (Wildman–Crippen MR) is 158 cm³/mol. The van der Waals surface area contributed by atoms with Crippen molar-refractivity contribution < 1.29 is 14.0 Å². The lowest BCUT2D eigenvalue weighted by molar-refractivity contribution is -0.137. The molecule has 3 aromatic heterocycles. The van der Waals surface area contributed by atoms with Crippen LogP contribution in [0.15, 0.2) is 51.3 Å². The van der Waals surface area contributed by atoms with Crippen molar-refractivity contribution in [3.05, 3.63) is 74.3 Å². The number of hydrogen-bond acceptors (Lipinski definition) is 7. The Balaban J connectivity index is 1.45. The zero-order chi connectivity index (χ0) is 28.8. The van der Waals surface area contributed by atoms with E-state index in [1.54, 1.807) is 58.9 Å². The van der Waals surface area contributed by atoms with Gasteiger partial charge >= 0.3 is 0 Å². The number of aromatic nitrogens is 2. The van der Waals surface area contributed by atoms with E-state index in [9.17, 15) is 14.4 Å². The fourth-order valence-electron chi connectivity index (χ4n) is 5.39. The van der Waals surface area contributed by atoms with Gasteiger partial charge in [0.2, 0.25) is 11.8 Å². The van der Waals surface area contributed by atoms with Gasteiger partial charge in [-0.15, -0.1) is 11.3 Å². The number of anilines is 2. The molecular weight excluding hydrogens is 526 g/mol. The molecule has 9 nitrogen and oxygen atoms in total. The molecule has 1 aliphatic rings. The van der Waals surface area contributed by atoms with Gasteiger partial charge in [0.1, 0.15) is 16.0 Å². The normalized spacial score (nSPS) is 15.3. The van der Waals surface area contributed by atoms with Crippen molar-refractivity contribution in [2.24, 2.45) is 5.41 Å². The highest BCUT2D eigenvalue weighted by Gasteiger charge is 2.45. The number of fused-ring (bicyclic) bond motifs is 2. The number of aryl methyl sites for hydroxylation is 2. The van der Waals surface area contributed by atoms with Crippen molar-refractivity contribution in [1.82, 2.24) is 14.5 Å². The molecule has 4 heterocycles. The van der Waals surface area contributed by atoms with E-state index in [0.29, 0.717) is 49.4 Å². The summed E-state index contributed by atoms with van der Waals surface area (Å²) < 4.78 is 7.23. The van der Waals surface area contributed by atoms with Crippen molar-refractivity contribution in [2.45, 2.75) is 54.3 Å². The zero-order valence-corrected chi connectivity index (χ0v) is 24.7. The van der Waals surface area contributed by atoms with Gasteiger partial charge in [-0.2, -0.15) is 0 Å². The van der Waals surface area contributed by atoms with E-state index in [1.807, 2.05) is 50.5 Å². The zero-order valence-electron chi connectivity index (χ0n) is 23.9. The number of rotatable bonds is 8. The van der Waals surface area contributed by atoms with E-state index in [-0.39, 0.29) is 17.4 Å². The lowest BCUT2D eigenvalue weighted by Gasteiger charge is -2.27. The molecule has 0 bridgehead atoms. The molecule has 0 unspecified atom stereocenters. The largest absolute Gasteiger partial charge is 0.464 e. The highest BCUT2D eigenvalue weighted by molar-refractivity contribution is 7.09. The monoisotopic (exact) mass is 561 g/mol. The summed E-state index contributed by atoms with van der Waals surface area (Å²) in [6.07, 6.45) is 3.40. The first kappa shape index (κ1) is 27.8. The van der Waals surface area contributed by atoms with Crippen LogP contribution in [-0.4, -0.2) is 46.4 Å². The summed E-state index contributed by atoms with van der Waals surface area (Å²) in [7, 11) is 1.73. The summed E-state index contributed by atoms with van der Waals surface area (Å²) in [5, 5.41) is 3.62. The van der Waals surface area contributed by atoms with Gasteiger partial charge in [0.05, 0.1) is 29.6 Å². The molecule has 10 heteroatoms. The van der Waals surface area contributed by atoms with Crippen LogP contribution < -0.4 is 15.4 Å². The molecule has 2 amide bonds. The van der Waals surface area contributed by atoms with Gasteiger partial charge in [-0.25, -0.2) is 4.98 Å². The predicted octanol–water partition coefficient (Wildman–Crippen LogP) is 4.73. The van der Waals surface area contributed by atoms with Gasteiger partial charge in [-0.05, 0) is 58.4 Å². The molecule has 0 saturated heterocycles. The third kappa shape index (κ3) is 4.97. The Hall–Kier alpha value is -3.76. The molecule has 210 valence electrons. The van der Waals surface area contributed by atoms with Crippen molar-refractivity contribution in [3.8, 4) is 0 Å². The maximum absolute atomic E-state index is 13.3. The number of pyridine rings is 1. The SMILES string of the molecule is CCN1C(=O)C(C)(C)C(=O)N(C)c2cc(CN(CCn3cc(C)c4occc4c3=O)Cc3nc(C)cs3)ccc21. The first-order valence-electron chi connectivity index (χ1n) is 13.4. The van der Waals surface area contributed by atoms with Crippen LogP contribution in [0.4, 0.5) is 11.4 Å². The van der Waals surface area contributed by atoms with E-state index >= 15 is 0 Å². The number of furan rings is 1. The summed E-state index contributed by atoms with van der Waals surface area (Å²) in [6.45, 7) is 12.0. The maximum atomic E-state index is 13.3. The summed E-state index contributed by atoms with van der Waals surface area (Å²) in [5.41, 5.74) is 3.75. The van der Waals surface area contributed by atoms with Crippen LogP contribution >= 0.6 is 11.3 Å². The Labute approximate surface area is 237 Å². The number of carbonyl (C=O) groups is 2. The maximum Gasteiger partial charge on any atom is 0.261 e. The summed E-state index contributed by atoms with van der Waals surface area (Å²) >= 11 is 1.62. The Morgan fingerprint density at radius 2 is 1.82 bits per heavy atom. The van der Waals surface area contributed by atoms with Gasteiger partial charge in [-0.1, -0.05) is 6.07 Å². The average Bonchev–Trinajstić information content (AvgIpc) is 3.58. The molecule has 0 radical (unpaired) electrons. The highest BCUT2D eigenvalue weighted by atomic mass is 32.1. The van der Waals surface area contributed by atoms with Crippen LogP contribution in [0.25, 0.3) is 11.0 Å². The molecule has 0 spiro atoms. The van der Waals surface area contributed by atoms with Crippen LogP contribution in [0.3, 0.4) is 0 Å². The fraction of sp³-hybridized carbons (Fsp3) is 0.400. The van der Waals surface area contributed by atoms with Gasteiger partial charge < -0.3 is 18.8 Å². The minimum Gasteiger partial charge on any atom is -0.464 e. The lowest BCUT2D eigenvalue weighted by atomic mass is 9.90. The van der Waals surface area contributed by atoms with Crippen molar-refractivity contribution in [3.63, 3.8) is 0 Å². The van der Waals surface area contributed by atoms with Gasteiger partial charge in [0.25, 0.3) is 5.56 Å². The molecule has 5 rings (SSSR count). The number of nitrogens with zero attached hydrogens (tertiary/aromatic N) is 5. The third-order valence-electron chi connectivity index (χ3n) is 7.58. The van der Waals surface area contributed by atoms with E-state index in [4.69, 9.17) is 4.42 Å². The van der Waals surface area contributed by atoms with E-state index < -0.39 is 5.41 Å². The lowest BCUT2D eigenvalue weighted by Crippen LogP contribution is -2.47. The Kier molecular flexibility index (Phi) is 7.41. The molecule has 40 heavy (non-hydrogen) atoms. The first-order chi connectivity index (χ1) is 19.0. The van der Waals surface area contributed by atoms with E-state index in [2.05, 4.69) is 9.88 Å². The first-order valence-corrected chi connectivity index (χ1v) is 14.3. The molecule has 0 atom stereocenters. The Morgan fingerprint density at radius 1 is 1.05 bits per heavy atom. The van der Waals surface area contributed by atoms with Gasteiger partial charge in [0, 0.05) is 56.1 Å².